The smallest absolute Gasteiger partial charge is 0.162 e. The molecular formula is C11H16N2O3. The van der Waals surface area contributed by atoms with Crippen LogP contribution in [0.1, 0.15) is 6.42 Å². The molecular weight excluding hydrogens is 208 g/mol. The molecule has 1 N–H and O–H groups in total. The third-order valence-electron chi connectivity index (χ3n) is 3.82. The number of nitrogens with zero attached hydrogens (tertiary/aromatic N) is 2. The maximum absolute atomic E-state index is 12.3. The number of methoxy groups -OCH3 is 1. The first-order chi connectivity index (χ1) is 7.69. The van der Waals surface area contributed by atoms with Crippen LogP contribution in [0.3, 0.4) is 0 Å². The number of fused-ring (bicyclic) bond motifs is 3. The zero-order valence-electron chi connectivity index (χ0n) is 9.35. The average Bonchev–Trinajstić information content (AvgIpc) is 2.33. The summed E-state index contributed by atoms with van der Waals surface area (Å²) < 4.78 is 5.06. The first-order valence-corrected chi connectivity index (χ1v) is 5.48. The third kappa shape index (κ3) is 1.38. The number of Topliss-reactive ketones (excluding diaryl/α,β-unsaturated/α-hetero) is 1. The second kappa shape index (κ2) is 4.13. The third-order valence-corrected chi connectivity index (χ3v) is 3.82. The number of hydrogen-bond donors (Lipinski definition) is 1. The highest BCUT2D eigenvalue weighted by molar-refractivity contribution is 5.93. The van der Waals surface area contributed by atoms with Crippen molar-refractivity contribution in [1.82, 2.24) is 4.90 Å². The van der Waals surface area contributed by atoms with Gasteiger partial charge < -0.3 is 9.84 Å². The summed E-state index contributed by atoms with van der Waals surface area (Å²) in [4.78, 5) is 14.2. The Bertz CT molecular complexity index is 339. The fourth-order valence-corrected chi connectivity index (χ4v) is 2.91. The van der Waals surface area contributed by atoms with Crippen molar-refractivity contribution in [1.29, 1.82) is 5.26 Å². The molecule has 0 amide bonds. The maximum Gasteiger partial charge on any atom is 0.162 e. The van der Waals surface area contributed by atoms with Gasteiger partial charge in [0.25, 0.3) is 0 Å². The number of nitriles is 1. The van der Waals surface area contributed by atoms with E-state index in [4.69, 9.17) is 10.00 Å². The first-order valence-electron chi connectivity index (χ1n) is 5.48. The Morgan fingerprint density at radius 3 is 3.00 bits per heavy atom. The van der Waals surface area contributed by atoms with Gasteiger partial charge in [0.2, 0.25) is 0 Å². The highest BCUT2D eigenvalue weighted by Gasteiger charge is 2.56. The van der Waals surface area contributed by atoms with Crippen molar-refractivity contribution in [2.24, 2.45) is 11.8 Å². The number of ether oxygens (including phenoxy) is 1. The quantitative estimate of drug-likeness (QED) is 0.693. The van der Waals surface area contributed by atoms with Gasteiger partial charge >= 0.3 is 0 Å². The van der Waals surface area contributed by atoms with E-state index < -0.39 is 5.54 Å². The topological polar surface area (TPSA) is 73.6 Å². The Morgan fingerprint density at radius 2 is 2.50 bits per heavy atom. The molecule has 5 nitrogen and oxygen atoms in total. The molecule has 3 heterocycles. The van der Waals surface area contributed by atoms with Crippen molar-refractivity contribution in [2.45, 2.75) is 12.0 Å². The molecule has 0 radical (unpaired) electrons. The molecule has 2 bridgehead atoms. The van der Waals surface area contributed by atoms with Crippen LogP contribution in [0.25, 0.3) is 0 Å². The van der Waals surface area contributed by atoms with E-state index in [1.807, 2.05) is 4.90 Å². The molecule has 3 rings (SSSR count). The van der Waals surface area contributed by atoms with E-state index in [0.29, 0.717) is 6.54 Å². The number of ketones is 1. The molecule has 3 aliphatic rings. The number of aliphatic hydroxyl groups is 1. The summed E-state index contributed by atoms with van der Waals surface area (Å²) in [6.45, 7) is 1.31. The Morgan fingerprint density at radius 1 is 1.75 bits per heavy atom. The van der Waals surface area contributed by atoms with Crippen molar-refractivity contribution < 1.29 is 14.6 Å². The van der Waals surface area contributed by atoms with E-state index in [1.54, 1.807) is 0 Å². The summed E-state index contributed by atoms with van der Waals surface area (Å²) in [7, 11) is 1.52. The number of piperidine rings is 3. The van der Waals surface area contributed by atoms with Gasteiger partial charge in [-0.3, -0.25) is 9.69 Å². The minimum absolute atomic E-state index is 0.0269. The zero-order chi connectivity index (χ0) is 11.8. The second-order valence-electron chi connectivity index (χ2n) is 4.56. The molecule has 0 saturated carbocycles. The van der Waals surface area contributed by atoms with Gasteiger partial charge in [-0.1, -0.05) is 0 Å². The molecule has 5 heteroatoms. The molecule has 0 aromatic carbocycles. The largest absolute Gasteiger partial charge is 0.394 e. The van der Waals surface area contributed by atoms with Crippen LogP contribution in [0.2, 0.25) is 0 Å². The van der Waals surface area contributed by atoms with Gasteiger partial charge in [-0.2, -0.15) is 5.26 Å². The van der Waals surface area contributed by atoms with E-state index in [-0.39, 0.29) is 30.8 Å². The maximum atomic E-state index is 12.3. The van der Waals surface area contributed by atoms with Crippen LogP contribution in [0, 0.1) is 23.2 Å². The van der Waals surface area contributed by atoms with Gasteiger partial charge in [-0.05, 0) is 6.42 Å². The van der Waals surface area contributed by atoms with Crippen molar-refractivity contribution in [3.63, 3.8) is 0 Å². The SMILES string of the molecule is COC[C@@]1(CO)C(=O)[C@H]2CCN1C[C@@H]2C#N. The Kier molecular flexibility index (Phi) is 2.98. The minimum Gasteiger partial charge on any atom is -0.394 e. The predicted molar refractivity (Wildman–Crippen MR) is 55.5 cm³/mol. The van der Waals surface area contributed by atoms with Crippen molar-refractivity contribution >= 4 is 5.78 Å². The summed E-state index contributed by atoms with van der Waals surface area (Å²) in [6, 6.07) is 2.18. The second-order valence-corrected chi connectivity index (χ2v) is 4.56. The Balaban J connectivity index is 2.31. The molecule has 0 spiro atoms. The highest BCUT2D eigenvalue weighted by atomic mass is 16.5. The lowest BCUT2D eigenvalue weighted by Gasteiger charge is -2.53. The van der Waals surface area contributed by atoms with Crippen molar-refractivity contribution in [3.05, 3.63) is 0 Å². The normalized spacial score (nSPS) is 42.1. The molecule has 3 fully saturated rings. The van der Waals surface area contributed by atoms with E-state index in [9.17, 15) is 9.90 Å². The molecule has 3 saturated heterocycles. The molecule has 0 aromatic heterocycles. The average molecular weight is 224 g/mol. The number of carbonyl (C=O) groups is 1. The molecule has 1 unspecified atom stereocenters. The van der Waals surface area contributed by atoms with Crippen LogP contribution >= 0.6 is 0 Å². The van der Waals surface area contributed by atoms with E-state index in [0.717, 1.165) is 13.0 Å². The Hall–Kier alpha value is -0.960. The van der Waals surface area contributed by atoms with Crippen LogP contribution in [-0.2, 0) is 9.53 Å². The molecule has 3 aliphatic heterocycles. The lowest BCUT2D eigenvalue weighted by atomic mass is 9.69. The molecule has 88 valence electrons. The fraction of sp³-hybridized carbons (Fsp3) is 0.818. The molecule has 0 aromatic rings. The predicted octanol–water partition coefficient (Wildman–Crippen LogP) is -0.592. The number of aliphatic hydroxyl groups excluding tert-OH is 1. The van der Waals surface area contributed by atoms with Gasteiger partial charge in [0.05, 0.1) is 25.2 Å². The summed E-state index contributed by atoms with van der Waals surface area (Å²) in [5.41, 5.74) is -0.898. The first kappa shape index (κ1) is 11.5. The van der Waals surface area contributed by atoms with Crippen LogP contribution < -0.4 is 0 Å². The van der Waals surface area contributed by atoms with Crippen molar-refractivity contribution in [3.8, 4) is 6.07 Å². The zero-order valence-corrected chi connectivity index (χ0v) is 9.35. The van der Waals surface area contributed by atoms with Gasteiger partial charge in [-0.15, -0.1) is 0 Å². The highest BCUT2D eigenvalue weighted by Crippen LogP contribution is 2.39. The van der Waals surface area contributed by atoms with Gasteiger partial charge in [0, 0.05) is 26.1 Å². The molecule has 16 heavy (non-hydrogen) atoms. The number of rotatable bonds is 3. The fourth-order valence-electron chi connectivity index (χ4n) is 2.91. The van der Waals surface area contributed by atoms with Gasteiger partial charge in [0.15, 0.2) is 5.78 Å². The van der Waals surface area contributed by atoms with E-state index >= 15 is 0 Å². The molecule has 4 atom stereocenters. The minimum atomic E-state index is -0.898. The summed E-state index contributed by atoms with van der Waals surface area (Å²) in [5, 5.41) is 18.5. The monoisotopic (exact) mass is 224 g/mol. The Labute approximate surface area is 94.6 Å². The lowest BCUT2D eigenvalue weighted by Crippen LogP contribution is -2.71. The summed E-state index contributed by atoms with van der Waals surface area (Å²) >= 11 is 0. The number of hydrogen-bond acceptors (Lipinski definition) is 5. The van der Waals surface area contributed by atoms with E-state index in [2.05, 4.69) is 6.07 Å². The van der Waals surface area contributed by atoms with Gasteiger partial charge in [-0.25, -0.2) is 0 Å². The van der Waals surface area contributed by atoms with Gasteiger partial charge in [0.1, 0.15) is 5.54 Å². The summed E-state index contributed by atoms with van der Waals surface area (Å²) in [6.07, 6.45) is 0.725. The standard InChI is InChI=1S/C11H16N2O3/c1-16-7-11(6-14)10(15)9-2-3-13(11)5-8(9)4-12/h8-9,14H,2-3,5-7H2,1H3/t8-,9-,11-/m0/s1. The lowest BCUT2D eigenvalue weighted by molar-refractivity contribution is -0.161. The van der Waals surface area contributed by atoms with Crippen LogP contribution in [0.15, 0.2) is 0 Å². The van der Waals surface area contributed by atoms with Crippen LogP contribution in [-0.4, -0.2) is 54.7 Å². The van der Waals surface area contributed by atoms with Crippen LogP contribution in [0.5, 0.6) is 0 Å². The van der Waals surface area contributed by atoms with Crippen LogP contribution in [0.4, 0.5) is 0 Å². The van der Waals surface area contributed by atoms with Crippen molar-refractivity contribution in [2.75, 3.05) is 33.4 Å². The number of carbonyl (C=O) groups excluding carboxylic acids is 1. The van der Waals surface area contributed by atoms with E-state index in [1.165, 1.54) is 7.11 Å². The molecule has 0 aliphatic carbocycles. The summed E-state index contributed by atoms with van der Waals surface area (Å²) in [5.74, 6) is -0.476.